The highest BCUT2D eigenvalue weighted by Crippen LogP contribution is 2.42. The molecule has 3 heterocycles. The lowest BCUT2D eigenvalue weighted by Crippen LogP contribution is -2.71. The normalized spacial score (nSPS) is 24.9. The summed E-state index contributed by atoms with van der Waals surface area (Å²) >= 11 is 4.40. The molecule has 29 heavy (non-hydrogen) atoms. The van der Waals surface area contributed by atoms with Crippen LogP contribution in [-0.2, 0) is 14.4 Å². The van der Waals surface area contributed by atoms with Crippen LogP contribution in [0.25, 0.3) is 0 Å². The summed E-state index contributed by atoms with van der Waals surface area (Å²) in [6.07, 6.45) is 4.97. The Bertz CT molecular complexity index is 865. The average molecular weight is 455 g/mol. The van der Waals surface area contributed by atoms with E-state index in [9.17, 15) is 19.5 Å². The van der Waals surface area contributed by atoms with E-state index in [0.29, 0.717) is 17.1 Å². The van der Waals surface area contributed by atoms with Crippen molar-refractivity contribution in [1.29, 1.82) is 0 Å². The molecule has 2 amide bonds. The molecule has 2 N–H and O–H groups in total. The van der Waals surface area contributed by atoms with Gasteiger partial charge < -0.3 is 10.4 Å². The van der Waals surface area contributed by atoms with Crippen molar-refractivity contribution in [3.8, 4) is 0 Å². The molecule has 0 spiro atoms. The molecular formula is C18H22N4O4S3. The second-order valence-electron chi connectivity index (χ2n) is 7.36. The molecule has 8 nitrogen and oxygen atoms in total. The first kappa shape index (κ1) is 20.7. The molecule has 0 unspecified atom stereocenters. The predicted octanol–water partition coefficient (Wildman–Crippen LogP) is 2.26. The van der Waals surface area contributed by atoms with Crippen LogP contribution in [0.2, 0.25) is 0 Å². The Balaban J connectivity index is 1.44. The van der Waals surface area contributed by atoms with E-state index in [-0.39, 0.29) is 28.8 Å². The van der Waals surface area contributed by atoms with Gasteiger partial charge in [0.1, 0.15) is 22.1 Å². The van der Waals surface area contributed by atoms with E-state index in [4.69, 9.17) is 0 Å². The van der Waals surface area contributed by atoms with Gasteiger partial charge in [0.15, 0.2) is 4.34 Å². The highest BCUT2D eigenvalue weighted by molar-refractivity contribution is 8.01. The van der Waals surface area contributed by atoms with Gasteiger partial charge in [-0.15, -0.1) is 22.0 Å². The fourth-order valence-electron chi connectivity index (χ4n) is 3.92. The number of aliphatic carboxylic acids is 1. The van der Waals surface area contributed by atoms with E-state index in [1.807, 2.05) is 6.92 Å². The third-order valence-corrected chi connectivity index (χ3v) is 8.80. The Hall–Kier alpha value is -1.59. The molecule has 1 saturated heterocycles. The number of nitrogens with zero attached hydrogens (tertiary/aromatic N) is 3. The fraction of sp³-hybridized carbons (Fsp3) is 0.611. The number of aromatic nitrogens is 2. The number of hydrogen-bond donors (Lipinski definition) is 2. The minimum Gasteiger partial charge on any atom is -0.477 e. The third kappa shape index (κ3) is 4.17. The number of hydrogen-bond acceptors (Lipinski definition) is 8. The smallest absolute Gasteiger partial charge is 0.352 e. The first-order valence-electron chi connectivity index (χ1n) is 9.59. The second-order valence-corrected chi connectivity index (χ2v) is 10.9. The largest absolute Gasteiger partial charge is 0.477 e. The summed E-state index contributed by atoms with van der Waals surface area (Å²) in [7, 11) is 0. The van der Waals surface area contributed by atoms with Crippen LogP contribution in [0.15, 0.2) is 15.6 Å². The van der Waals surface area contributed by atoms with Gasteiger partial charge in [-0.3, -0.25) is 14.5 Å². The third-order valence-electron chi connectivity index (χ3n) is 5.40. The summed E-state index contributed by atoms with van der Waals surface area (Å²) in [5, 5.41) is 21.1. The topological polar surface area (TPSA) is 112 Å². The molecule has 0 radical (unpaired) electrons. The van der Waals surface area contributed by atoms with Crippen LogP contribution >= 0.6 is 34.9 Å². The molecule has 1 aromatic rings. The van der Waals surface area contributed by atoms with Gasteiger partial charge in [-0.05, 0) is 25.3 Å². The van der Waals surface area contributed by atoms with Gasteiger partial charge in [0.25, 0.3) is 5.91 Å². The van der Waals surface area contributed by atoms with Gasteiger partial charge in [-0.2, -0.15) is 0 Å². The van der Waals surface area contributed by atoms with Crippen LogP contribution in [0.1, 0.15) is 37.1 Å². The van der Waals surface area contributed by atoms with E-state index >= 15 is 0 Å². The molecule has 11 heteroatoms. The summed E-state index contributed by atoms with van der Waals surface area (Å²) in [6, 6.07) is -0.635. The molecule has 0 aromatic carbocycles. The molecule has 2 aliphatic heterocycles. The van der Waals surface area contributed by atoms with Crippen molar-refractivity contribution in [3.63, 3.8) is 0 Å². The van der Waals surface area contributed by atoms with Crippen molar-refractivity contribution < 1.29 is 19.5 Å². The van der Waals surface area contributed by atoms with Gasteiger partial charge in [-0.1, -0.05) is 42.4 Å². The van der Waals surface area contributed by atoms with Gasteiger partial charge in [0, 0.05) is 17.4 Å². The van der Waals surface area contributed by atoms with E-state index in [1.165, 1.54) is 39.8 Å². The van der Waals surface area contributed by atoms with Crippen LogP contribution in [0, 0.1) is 12.8 Å². The molecule has 3 aliphatic rings. The lowest BCUT2D eigenvalue weighted by atomic mass is 9.88. The molecule has 4 rings (SSSR count). The van der Waals surface area contributed by atoms with Gasteiger partial charge in [-0.25, -0.2) is 4.79 Å². The molecule has 1 saturated carbocycles. The first-order valence-corrected chi connectivity index (χ1v) is 12.4. The fourth-order valence-corrected chi connectivity index (χ4v) is 7.22. The minimum atomic E-state index is -1.11. The van der Waals surface area contributed by atoms with Crippen LogP contribution in [0.3, 0.4) is 0 Å². The number of thioether (sulfide) groups is 2. The Morgan fingerprint density at radius 1 is 1.28 bits per heavy atom. The summed E-state index contributed by atoms with van der Waals surface area (Å²) < 4.78 is 0.777. The Morgan fingerprint density at radius 3 is 2.69 bits per heavy atom. The summed E-state index contributed by atoms with van der Waals surface area (Å²) in [5.41, 5.74) is 0.748. The van der Waals surface area contributed by atoms with E-state index in [0.717, 1.165) is 41.5 Å². The highest BCUT2D eigenvalue weighted by atomic mass is 32.2. The number of carboxylic acid groups (broad SMARTS) is 1. The van der Waals surface area contributed by atoms with Gasteiger partial charge in [0.05, 0.1) is 0 Å². The number of β-lactam (4-membered cyclic amide) rings is 1. The standard InChI is InChI=1S/C18H22N4O4S3/c1-9-20-21-18(29-9)28-8-11-7-27-16-12(15(24)22(16)13(11)17(25)26)19-14(23)10-5-3-2-4-6-10/h10,12,16H,2-8H2,1H3,(H,19,23)(H,25,26)/t12-,16-/m1/s1. The Labute approximate surface area is 180 Å². The van der Waals surface area contributed by atoms with Crippen molar-refractivity contribution in [3.05, 3.63) is 16.3 Å². The van der Waals surface area contributed by atoms with Crippen molar-refractivity contribution in [2.45, 2.75) is 54.8 Å². The predicted molar refractivity (Wildman–Crippen MR) is 112 cm³/mol. The second kappa shape index (κ2) is 8.65. The van der Waals surface area contributed by atoms with Crippen molar-refractivity contribution >= 4 is 52.6 Å². The lowest BCUT2D eigenvalue weighted by Gasteiger charge is -2.49. The van der Waals surface area contributed by atoms with Crippen LogP contribution in [0.4, 0.5) is 0 Å². The van der Waals surface area contributed by atoms with E-state index < -0.39 is 12.0 Å². The monoisotopic (exact) mass is 454 g/mol. The SMILES string of the molecule is Cc1nnc(SCC2=C(C(=O)O)N3C(=O)[C@@H](NC(=O)C4CCCCC4)[C@H]3SC2)s1. The van der Waals surface area contributed by atoms with Crippen molar-refractivity contribution in [2.24, 2.45) is 5.92 Å². The first-order chi connectivity index (χ1) is 14.0. The number of amides is 2. The van der Waals surface area contributed by atoms with E-state index in [1.54, 1.807) is 0 Å². The van der Waals surface area contributed by atoms with Gasteiger partial charge >= 0.3 is 5.97 Å². The summed E-state index contributed by atoms with van der Waals surface area (Å²) in [5.74, 6) is -0.592. The van der Waals surface area contributed by atoms with Crippen LogP contribution in [0.5, 0.6) is 0 Å². The van der Waals surface area contributed by atoms with Crippen LogP contribution < -0.4 is 5.32 Å². The highest BCUT2D eigenvalue weighted by Gasteiger charge is 2.54. The molecule has 2 atom stereocenters. The Morgan fingerprint density at radius 2 is 2.03 bits per heavy atom. The number of nitrogens with one attached hydrogen (secondary N) is 1. The molecule has 156 valence electrons. The number of carbonyl (C=O) groups is 3. The number of carbonyl (C=O) groups excluding carboxylic acids is 2. The molecule has 2 fully saturated rings. The maximum atomic E-state index is 12.7. The number of fused-ring (bicyclic) bond motifs is 1. The summed E-state index contributed by atoms with van der Waals surface area (Å²) in [4.78, 5) is 38.5. The minimum absolute atomic E-state index is 0.0315. The van der Waals surface area contributed by atoms with Crippen molar-refractivity contribution in [1.82, 2.24) is 20.4 Å². The molecule has 1 aromatic heterocycles. The quantitative estimate of drug-likeness (QED) is 0.497. The van der Waals surface area contributed by atoms with Crippen LogP contribution in [-0.4, -0.2) is 60.9 Å². The van der Waals surface area contributed by atoms with Gasteiger partial charge in [0.2, 0.25) is 5.91 Å². The average Bonchev–Trinajstić information content (AvgIpc) is 3.15. The zero-order valence-electron chi connectivity index (χ0n) is 15.9. The summed E-state index contributed by atoms with van der Waals surface area (Å²) in [6.45, 7) is 1.87. The number of aryl methyl sites for hydroxylation is 1. The van der Waals surface area contributed by atoms with E-state index in [2.05, 4.69) is 15.5 Å². The number of rotatable bonds is 6. The molecule has 0 bridgehead atoms. The molecule has 1 aliphatic carbocycles. The zero-order chi connectivity index (χ0) is 20.5. The Kier molecular flexibility index (Phi) is 6.16. The van der Waals surface area contributed by atoms with Crippen molar-refractivity contribution in [2.75, 3.05) is 11.5 Å². The maximum absolute atomic E-state index is 12.7. The molecular weight excluding hydrogens is 432 g/mol. The number of carboxylic acids is 1. The maximum Gasteiger partial charge on any atom is 0.352 e. The zero-order valence-corrected chi connectivity index (χ0v) is 18.4. The lowest BCUT2D eigenvalue weighted by molar-refractivity contribution is -0.151.